The summed E-state index contributed by atoms with van der Waals surface area (Å²) in [4.78, 5) is 0. The largest absolute Gasteiger partial charge is 0.571 e. The zero-order chi connectivity index (χ0) is 36.7. The van der Waals surface area contributed by atoms with Crippen LogP contribution in [0, 0.1) is 0 Å². The molecule has 0 saturated carbocycles. The monoisotopic (exact) mass is 737 g/mol. The number of fused-ring (bicyclic) bond motifs is 1. The standard InChI is InChI=1S/C29H36O20S/c1-42-15-3-10(4-16(43-2)20(15)33)26-17(46-28-25(38)23(36)21(34)18(8-30)47-28)7-12-13(44-26)5-11(32)6-14(12)45-29-27(49-50(39,40)41)24(37)22(35)19(9-31)48-29/h3-7,18-19,21-38H,8-9H2,1-2H3,(H,39,40,41)/p+1/t18-,19+,21-,22-,23-,24+,25-,26?,27-,28-,29-/m1/s1. The number of ether oxygens (including phenoxy) is 7. The van der Waals surface area contributed by atoms with Crippen LogP contribution >= 0.6 is 0 Å². The molecule has 278 valence electrons. The minimum absolute atomic E-state index is 0.0143. The van der Waals surface area contributed by atoms with Crippen LogP contribution in [-0.4, -0.2) is 153 Å². The number of aromatic hydroxyl groups is 3. The maximum atomic E-state index is 11.6. The summed E-state index contributed by atoms with van der Waals surface area (Å²) in [6.07, 6.45) is -18.0. The van der Waals surface area contributed by atoms with Gasteiger partial charge in [-0.1, -0.05) is 0 Å². The van der Waals surface area contributed by atoms with E-state index < -0.39 is 96.9 Å². The smallest absolute Gasteiger partial charge is 0.397 e. The Morgan fingerprint density at radius 2 is 1.34 bits per heavy atom. The van der Waals surface area contributed by atoms with Gasteiger partial charge in [0.1, 0.15) is 59.8 Å². The highest BCUT2D eigenvalue weighted by atomic mass is 32.3. The second kappa shape index (κ2) is 14.9. The average Bonchev–Trinajstić information content (AvgIpc) is 3.07. The van der Waals surface area contributed by atoms with Crippen LogP contribution in [0.15, 0.2) is 30.0 Å². The predicted octanol–water partition coefficient (Wildman–Crippen LogP) is -2.73. The topological polar surface area (TPSA) is 314 Å². The zero-order valence-electron chi connectivity index (χ0n) is 26.2. The van der Waals surface area contributed by atoms with Crippen molar-refractivity contribution in [2.24, 2.45) is 0 Å². The molecule has 3 aliphatic heterocycles. The van der Waals surface area contributed by atoms with Gasteiger partial charge in [-0.25, -0.2) is 4.18 Å². The number of methoxy groups -OCH3 is 2. The summed E-state index contributed by atoms with van der Waals surface area (Å²) >= 11 is 0. The van der Waals surface area contributed by atoms with E-state index in [-0.39, 0.29) is 45.6 Å². The Labute approximate surface area is 283 Å². The number of aliphatic hydroxyl groups excluding tert-OH is 7. The molecule has 2 aromatic rings. The summed E-state index contributed by atoms with van der Waals surface area (Å²) in [5, 5.41) is 92.8. The highest BCUT2D eigenvalue weighted by Gasteiger charge is 2.50. The molecule has 0 amide bonds. The van der Waals surface area contributed by atoms with Crippen LogP contribution in [0.5, 0.6) is 34.5 Å². The molecule has 11 atom stereocenters. The second-order valence-corrected chi connectivity index (χ2v) is 12.4. The van der Waals surface area contributed by atoms with E-state index in [1.54, 1.807) is 0 Å². The molecular weight excluding hydrogens is 700 g/mol. The summed E-state index contributed by atoms with van der Waals surface area (Å²) in [5.41, 5.74) is 0.218. The summed E-state index contributed by atoms with van der Waals surface area (Å²) in [6, 6.07) is 4.95. The molecule has 20 nitrogen and oxygen atoms in total. The number of hydrogen-bond donors (Lipinski definition) is 10. The van der Waals surface area contributed by atoms with Gasteiger partial charge in [-0.15, -0.1) is 0 Å². The molecule has 0 spiro atoms. The van der Waals surface area contributed by atoms with E-state index in [0.717, 1.165) is 6.07 Å². The van der Waals surface area contributed by atoms with Gasteiger partial charge in [-0.05, 0) is 12.1 Å². The Hall–Kier alpha value is -3.71. The molecule has 11 N–H and O–H groups in total. The Balaban J connectivity index is 1.61. The van der Waals surface area contributed by atoms with Gasteiger partial charge in [0.2, 0.25) is 18.3 Å². The van der Waals surface area contributed by atoms with Crippen LogP contribution in [0.25, 0.3) is 6.08 Å². The number of aliphatic hydroxyl groups is 8. The van der Waals surface area contributed by atoms with E-state index >= 15 is 0 Å². The third-order valence-electron chi connectivity index (χ3n) is 8.15. The first kappa shape index (κ1) is 37.5. The molecule has 2 fully saturated rings. The molecule has 3 heterocycles. The fourth-order valence-corrected chi connectivity index (χ4v) is 6.08. The van der Waals surface area contributed by atoms with Gasteiger partial charge in [-0.2, -0.15) is 8.42 Å². The van der Waals surface area contributed by atoms with Crippen molar-refractivity contribution < 1.29 is 96.3 Å². The zero-order valence-corrected chi connectivity index (χ0v) is 27.0. The van der Waals surface area contributed by atoms with Crippen molar-refractivity contribution in [2.45, 2.75) is 67.5 Å². The van der Waals surface area contributed by atoms with Gasteiger partial charge in [0.15, 0.2) is 23.4 Å². The summed E-state index contributed by atoms with van der Waals surface area (Å²) in [5.74, 6) is -1.45. The van der Waals surface area contributed by atoms with E-state index in [1.807, 2.05) is 0 Å². The Morgan fingerprint density at radius 1 is 0.760 bits per heavy atom. The molecule has 50 heavy (non-hydrogen) atoms. The third-order valence-corrected chi connectivity index (χ3v) is 8.61. The van der Waals surface area contributed by atoms with Gasteiger partial charge in [0.25, 0.3) is 11.9 Å². The molecule has 0 aliphatic carbocycles. The predicted molar refractivity (Wildman–Crippen MR) is 161 cm³/mol. The fraction of sp³-hybridized carbons (Fsp3) is 0.517. The molecule has 0 aromatic heterocycles. The lowest BCUT2D eigenvalue weighted by atomic mass is 9.98. The number of benzene rings is 2. The van der Waals surface area contributed by atoms with Crippen LogP contribution in [0.4, 0.5) is 0 Å². The Kier molecular flexibility index (Phi) is 11.2. The van der Waals surface area contributed by atoms with Crippen molar-refractivity contribution in [1.82, 2.24) is 0 Å². The molecule has 0 radical (unpaired) electrons. The van der Waals surface area contributed by atoms with E-state index in [9.17, 15) is 58.9 Å². The number of phenolic OH excluding ortho intramolecular Hbond substituents is 2. The first-order valence-corrected chi connectivity index (χ1v) is 16.1. The quantitative estimate of drug-likeness (QED) is 0.0827. The molecule has 2 saturated heterocycles. The lowest BCUT2D eigenvalue weighted by Gasteiger charge is -2.41. The maximum absolute atomic E-state index is 11.6. The van der Waals surface area contributed by atoms with Gasteiger partial charge < -0.3 is 79.1 Å². The molecule has 2 aromatic carbocycles. The lowest BCUT2D eigenvalue weighted by Crippen LogP contribution is -2.61. The average molecular weight is 738 g/mol. The highest BCUT2D eigenvalue weighted by molar-refractivity contribution is 7.80. The second-order valence-electron chi connectivity index (χ2n) is 11.4. The van der Waals surface area contributed by atoms with Crippen molar-refractivity contribution in [2.75, 3.05) is 27.4 Å². The minimum atomic E-state index is -5.28. The van der Waals surface area contributed by atoms with Crippen LogP contribution in [0.3, 0.4) is 0 Å². The highest BCUT2D eigenvalue weighted by Crippen LogP contribution is 2.49. The number of phenols is 2. The van der Waals surface area contributed by atoms with Gasteiger partial charge in [0, 0.05) is 12.1 Å². The maximum Gasteiger partial charge on any atom is 0.397 e. The van der Waals surface area contributed by atoms with E-state index in [0.29, 0.717) is 0 Å². The number of hydrogen-bond acceptors (Lipinski definition) is 18. The molecule has 3 aliphatic rings. The van der Waals surface area contributed by atoms with Crippen LogP contribution in [0.2, 0.25) is 0 Å². The molecule has 21 heteroatoms. The van der Waals surface area contributed by atoms with Gasteiger partial charge in [-0.3, -0.25) is 4.55 Å². The molecule has 0 bridgehead atoms. The summed E-state index contributed by atoms with van der Waals surface area (Å²) < 4.78 is 75.0. The van der Waals surface area contributed by atoms with Crippen molar-refractivity contribution >= 4 is 16.5 Å². The summed E-state index contributed by atoms with van der Waals surface area (Å²) in [6.45, 7) is -1.64. The van der Waals surface area contributed by atoms with Gasteiger partial charge in [0.05, 0.1) is 39.1 Å². The normalized spacial score (nSPS) is 32.7. The molecule has 1 unspecified atom stereocenters. The lowest BCUT2D eigenvalue weighted by molar-refractivity contribution is -0.295. The summed E-state index contributed by atoms with van der Waals surface area (Å²) in [7, 11) is -2.73. The van der Waals surface area contributed by atoms with Crippen molar-refractivity contribution in [3.8, 4) is 34.5 Å². The third kappa shape index (κ3) is 7.49. The van der Waals surface area contributed by atoms with E-state index in [2.05, 4.69) is 8.92 Å². The first-order chi connectivity index (χ1) is 23.6. The number of rotatable bonds is 11. The molecule has 5 rings (SSSR count). The van der Waals surface area contributed by atoms with Crippen LogP contribution in [-0.2, 0) is 28.8 Å². The van der Waals surface area contributed by atoms with Crippen LogP contribution < -0.4 is 14.2 Å². The van der Waals surface area contributed by atoms with Crippen molar-refractivity contribution in [3.63, 3.8) is 0 Å². The SMILES string of the molecule is COc1cc(C2[OH+]c3cc(O)cc(O[C@@H]4O[C@@H](CO)[C@@H](O)[C@H](O)[C@H]4OS(=O)(=O)O)c3C=C2O[C@@H]2O[C@H](CO)[C@@H](O)[C@@H](O)[C@H]2O)cc(OC)c1O. The van der Waals surface area contributed by atoms with Crippen LogP contribution in [0.1, 0.15) is 17.2 Å². The van der Waals surface area contributed by atoms with E-state index in [4.69, 9.17) is 28.4 Å². The van der Waals surface area contributed by atoms with E-state index in [1.165, 1.54) is 38.5 Å². The first-order valence-electron chi connectivity index (χ1n) is 14.8. The molecular formula is C29H37O20S+. The van der Waals surface area contributed by atoms with Crippen molar-refractivity contribution in [1.29, 1.82) is 0 Å². The fourth-order valence-electron chi connectivity index (χ4n) is 5.60. The van der Waals surface area contributed by atoms with Gasteiger partial charge >= 0.3 is 10.4 Å². The van der Waals surface area contributed by atoms with Crippen molar-refractivity contribution in [3.05, 3.63) is 41.2 Å². The Morgan fingerprint density at radius 3 is 1.90 bits per heavy atom. The minimum Gasteiger partial charge on any atom is -0.571 e. The Bertz CT molecular complexity index is 1640.